The van der Waals surface area contributed by atoms with Crippen molar-refractivity contribution in [3.05, 3.63) is 83.4 Å². The average molecular weight is 554 g/mol. The molecule has 212 valence electrons. The van der Waals surface area contributed by atoms with Crippen LogP contribution in [0.1, 0.15) is 44.2 Å². The number of nitrogens with zero attached hydrogens (tertiary/aromatic N) is 2. The Balaban J connectivity index is 1.24. The lowest BCUT2D eigenvalue weighted by Gasteiger charge is -2.59. The Morgan fingerprint density at radius 3 is 2.68 bits per heavy atom. The maximum atomic E-state index is 13.5. The molecule has 2 aliphatic heterocycles. The van der Waals surface area contributed by atoms with Crippen LogP contribution >= 0.6 is 0 Å². The van der Waals surface area contributed by atoms with E-state index < -0.39 is 23.0 Å². The third-order valence-corrected chi connectivity index (χ3v) is 9.85. The number of nitrogens with one attached hydrogen (secondary N) is 1. The van der Waals surface area contributed by atoms with Gasteiger partial charge in [-0.15, -0.1) is 0 Å². The average Bonchev–Trinajstić information content (AvgIpc) is 3.71. The third kappa shape index (κ3) is 3.95. The topological polar surface area (TPSA) is 115 Å². The van der Waals surface area contributed by atoms with Gasteiger partial charge in [-0.2, -0.15) is 0 Å². The van der Waals surface area contributed by atoms with Crippen molar-refractivity contribution < 1.29 is 24.9 Å². The van der Waals surface area contributed by atoms with Crippen LogP contribution in [0.2, 0.25) is 0 Å². The molecule has 0 radical (unpaired) electrons. The van der Waals surface area contributed by atoms with E-state index in [9.17, 15) is 20.1 Å². The third-order valence-electron chi connectivity index (χ3n) is 9.85. The summed E-state index contributed by atoms with van der Waals surface area (Å²) in [5.74, 6) is 0.247. The van der Waals surface area contributed by atoms with Crippen molar-refractivity contribution in [2.75, 3.05) is 18.4 Å². The Morgan fingerprint density at radius 2 is 1.93 bits per heavy atom. The molecule has 8 heteroatoms. The number of likely N-dealkylation sites (tertiary alicyclic amines) is 1. The first-order chi connectivity index (χ1) is 19.7. The van der Waals surface area contributed by atoms with Crippen LogP contribution in [0.5, 0.6) is 11.5 Å². The molecule has 1 saturated carbocycles. The molecule has 1 saturated heterocycles. The summed E-state index contributed by atoms with van der Waals surface area (Å²) in [6.45, 7) is 5.09. The smallest absolute Gasteiger partial charge is 0.254 e. The predicted molar refractivity (Wildman–Crippen MR) is 155 cm³/mol. The van der Waals surface area contributed by atoms with Crippen molar-refractivity contribution in [2.24, 2.45) is 5.92 Å². The number of fused-ring (bicyclic) bond motifs is 1. The lowest BCUT2D eigenvalue weighted by molar-refractivity contribution is -0.153. The van der Waals surface area contributed by atoms with E-state index in [-0.39, 0.29) is 23.1 Å². The first kappa shape index (κ1) is 26.0. The summed E-state index contributed by atoms with van der Waals surface area (Å²) in [6.07, 6.45) is 6.03. The van der Waals surface area contributed by atoms with Crippen molar-refractivity contribution in [2.45, 2.75) is 62.7 Å². The molecule has 8 nitrogen and oxygen atoms in total. The van der Waals surface area contributed by atoms with Crippen LogP contribution in [0.3, 0.4) is 0 Å². The van der Waals surface area contributed by atoms with Crippen LogP contribution in [-0.4, -0.2) is 61.9 Å². The van der Waals surface area contributed by atoms with Gasteiger partial charge >= 0.3 is 0 Å². The molecular formula is C33H35N3O5. The minimum Gasteiger partial charge on any atom is -0.508 e. The predicted octanol–water partition coefficient (Wildman–Crippen LogP) is 4.72. The lowest BCUT2D eigenvalue weighted by atomic mass is 9.53. The number of phenols is 1. The van der Waals surface area contributed by atoms with Crippen LogP contribution in [-0.2, 0) is 16.6 Å². The quantitative estimate of drug-likeness (QED) is 0.258. The summed E-state index contributed by atoms with van der Waals surface area (Å²) in [6, 6.07) is 14.6. The summed E-state index contributed by atoms with van der Waals surface area (Å²) >= 11 is 0. The Labute approximate surface area is 239 Å². The van der Waals surface area contributed by atoms with E-state index in [0.29, 0.717) is 30.2 Å². The fourth-order valence-corrected chi connectivity index (χ4v) is 7.43. The van der Waals surface area contributed by atoms with E-state index in [1.807, 2.05) is 43.3 Å². The molecule has 2 aliphatic carbocycles. The normalized spacial score (nSPS) is 28.9. The zero-order chi connectivity index (χ0) is 28.5. The van der Waals surface area contributed by atoms with E-state index in [0.717, 1.165) is 35.3 Å². The van der Waals surface area contributed by atoms with Crippen molar-refractivity contribution in [3.8, 4) is 22.6 Å². The summed E-state index contributed by atoms with van der Waals surface area (Å²) in [5.41, 5.74) is 2.09. The standard InChI is InChI=1S/C33H35N3O5/c1-19(31(39)35-24-5-3-4-22(16-24)21-10-13-34-14-11-21)28(38)30-33-12-15-36(18-20-6-7-20)26(32(33,2)40)17-23-8-9-25(37)29(41-30)27(23)33/h3-5,8-11,13-14,16,20,26,30,37-38,40H,6-7,12,15,17-18H2,1-2H3,(H,35,39)/b28-19-/t26-,30+,32-,33+/m1/s1. The number of anilines is 1. The molecule has 1 amide bonds. The fraction of sp³-hybridized carbons (Fsp3) is 0.394. The van der Waals surface area contributed by atoms with Gasteiger partial charge in [-0.25, -0.2) is 0 Å². The van der Waals surface area contributed by atoms with Gasteiger partial charge in [0.05, 0.1) is 16.6 Å². The Kier molecular flexibility index (Phi) is 5.92. The van der Waals surface area contributed by atoms with Gasteiger partial charge in [-0.05, 0) is 99.0 Å². The van der Waals surface area contributed by atoms with E-state index in [1.165, 1.54) is 12.8 Å². The molecule has 41 heavy (non-hydrogen) atoms. The first-order valence-corrected chi connectivity index (χ1v) is 14.4. The molecule has 2 aromatic carbocycles. The van der Waals surface area contributed by atoms with Crippen LogP contribution < -0.4 is 10.1 Å². The van der Waals surface area contributed by atoms with E-state index >= 15 is 0 Å². The van der Waals surface area contributed by atoms with Crippen molar-refractivity contribution >= 4 is 11.6 Å². The highest BCUT2D eigenvalue weighted by atomic mass is 16.5. The van der Waals surface area contributed by atoms with E-state index in [1.54, 1.807) is 31.5 Å². The summed E-state index contributed by atoms with van der Waals surface area (Å²) in [4.78, 5) is 19.9. The molecule has 4 aliphatic rings. The first-order valence-electron chi connectivity index (χ1n) is 14.4. The minimum atomic E-state index is -1.26. The maximum absolute atomic E-state index is 13.5. The molecule has 1 spiro atoms. The SMILES string of the molecule is C/C(C(=O)Nc1cccc(-c2ccncc2)c1)=C(/O)[C@@H]1Oc2c(O)ccc3c2[C@@]12CCN(CC1CC1)[C@H](C3)[C@@]2(C)O. The molecule has 4 N–H and O–H groups in total. The molecule has 0 unspecified atom stereocenters. The summed E-state index contributed by atoms with van der Waals surface area (Å²) in [5, 5.41) is 37.8. The number of carbonyl (C=O) groups is 1. The van der Waals surface area contributed by atoms with Gasteiger partial charge in [0.1, 0.15) is 5.76 Å². The Bertz CT molecular complexity index is 1560. The maximum Gasteiger partial charge on any atom is 0.254 e. The van der Waals surface area contributed by atoms with Crippen LogP contribution in [0, 0.1) is 5.92 Å². The second-order valence-electron chi connectivity index (χ2n) is 12.3. The number of aliphatic hydroxyl groups excluding tert-OH is 1. The number of rotatable bonds is 6. The highest BCUT2D eigenvalue weighted by Gasteiger charge is 2.69. The number of benzene rings is 2. The second kappa shape index (κ2) is 9.33. The number of ether oxygens (including phenoxy) is 1. The molecule has 3 heterocycles. The summed E-state index contributed by atoms with van der Waals surface area (Å²) in [7, 11) is 0. The number of hydrogen-bond donors (Lipinski definition) is 4. The number of pyridine rings is 1. The molecule has 2 fully saturated rings. The van der Waals surface area contributed by atoms with Crippen molar-refractivity contribution in [1.82, 2.24) is 9.88 Å². The molecule has 3 aromatic rings. The van der Waals surface area contributed by atoms with Gasteiger partial charge in [-0.3, -0.25) is 14.7 Å². The molecule has 2 bridgehead atoms. The lowest BCUT2D eigenvalue weighted by Crippen LogP contribution is -2.73. The van der Waals surface area contributed by atoms with Gasteiger partial charge < -0.3 is 25.4 Å². The number of aromatic nitrogens is 1. The second-order valence-corrected chi connectivity index (χ2v) is 12.3. The van der Waals surface area contributed by atoms with Crippen LogP contribution in [0.15, 0.2) is 72.3 Å². The fourth-order valence-electron chi connectivity index (χ4n) is 7.43. The number of amides is 1. The van der Waals surface area contributed by atoms with Gasteiger partial charge in [0.15, 0.2) is 17.6 Å². The largest absolute Gasteiger partial charge is 0.508 e. The van der Waals surface area contributed by atoms with Crippen LogP contribution in [0.4, 0.5) is 5.69 Å². The summed E-state index contributed by atoms with van der Waals surface area (Å²) < 4.78 is 6.34. The molecule has 4 atom stereocenters. The van der Waals surface area contributed by atoms with Crippen LogP contribution in [0.25, 0.3) is 11.1 Å². The highest BCUT2D eigenvalue weighted by molar-refractivity contribution is 6.04. The Morgan fingerprint density at radius 1 is 1.15 bits per heavy atom. The number of phenolic OH excluding ortho intramolecular Hbond substituents is 1. The Hall–Kier alpha value is -3.88. The zero-order valence-corrected chi connectivity index (χ0v) is 23.3. The zero-order valence-electron chi connectivity index (χ0n) is 23.3. The van der Waals surface area contributed by atoms with Gasteiger partial charge in [-0.1, -0.05) is 18.2 Å². The van der Waals surface area contributed by atoms with Gasteiger partial charge in [0.25, 0.3) is 5.91 Å². The van der Waals surface area contributed by atoms with Gasteiger partial charge in [0, 0.05) is 36.2 Å². The minimum absolute atomic E-state index is 0.0249. The number of aliphatic hydroxyl groups is 2. The van der Waals surface area contributed by atoms with E-state index in [4.69, 9.17) is 4.74 Å². The molecular weight excluding hydrogens is 518 g/mol. The number of aromatic hydroxyl groups is 1. The van der Waals surface area contributed by atoms with Gasteiger partial charge in [0.2, 0.25) is 0 Å². The monoisotopic (exact) mass is 553 g/mol. The van der Waals surface area contributed by atoms with Crippen molar-refractivity contribution in [3.63, 3.8) is 0 Å². The number of hydrogen-bond acceptors (Lipinski definition) is 7. The molecule has 7 rings (SSSR count). The number of carbonyl (C=O) groups excluding carboxylic acids is 1. The van der Waals surface area contributed by atoms with Crippen molar-refractivity contribution in [1.29, 1.82) is 0 Å². The molecule has 1 aromatic heterocycles. The van der Waals surface area contributed by atoms with E-state index in [2.05, 4.69) is 15.2 Å². The highest BCUT2D eigenvalue weighted by Crippen LogP contribution is 2.63. The number of piperidine rings is 1.